The number of amides is 1. The zero-order valence-electron chi connectivity index (χ0n) is 24.0. The van der Waals surface area contributed by atoms with Crippen LogP contribution in [0.4, 0.5) is 10.6 Å². The van der Waals surface area contributed by atoms with Gasteiger partial charge >= 0.3 is 6.09 Å². The zero-order valence-corrected chi connectivity index (χ0v) is 24.0. The van der Waals surface area contributed by atoms with Crippen LogP contribution >= 0.6 is 0 Å². The van der Waals surface area contributed by atoms with Crippen LogP contribution in [0.25, 0.3) is 16.3 Å². The van der Waals surface area contributed by atoms with Crippen molar-refractivity contribution in [2.24, 2.45) is 0 Å². The first-order chi connectivity index (χ1) is 17.4. The number of aliphatic hydroxyl groups is 1. The summed E-state index contributed by atoms with van der Waals surface area (Å²) < 4.78 is 5.42. The standard InChI is InChI=1S/C27H35N3O3.C4H10/c1-9-11-12-24(31)19(4)13-18(3)22(10-2)23-14-20-17-29-25(15-21(20)16-28-23)30(8)26(32)33-27(5,6)7;1-3-4-2/h9-10,13-17,24,31H,1,4,11-12H2,2-3,5-8H3;3-4H2,1-2H3/b18-13-,22-10+;. The van der Waals surface area contributed by atoms with Crippen LogP contribution in [0.2, 0.25) is 0 Å². The first-order valence-electron chi connectivity index (χ1n) is 12.9. The summed E-state index contributed by atoms with van der Waals surface area (Å²) in [5, 5.41) is 12.0. The third-order valence-corrected chi connectivity index (χ3v) is 5.56. The van der Waals surface area contributed by atoms with Gasteiger partial charge in [0.05, 0.1) is 11.8 Å². The van der Waals surface area contributed by atoms with Gasteiger partial charge in [0.25, 0.3) is 0 Å². The minimum atomic E-state index is -0.606. The van der Waals surface area contributed by atoms with E-state index in [2.05, 4.69) is 37.0 Å². The maximum absolute atomic E-state index is 12.4. The average molecular weight is 508 g/mol. The number of allylic oxidation sites excluding steroid dienone is 4. The number of unbranched alkanes of at least 4 members (excludes halogenated alkanes) is 1. The molecule has 0 radical (unpaired) electrons. The van der Waals surface area contributed by atoms with Gasteiger partial charge in [0.15, 0.2) is 0 Å². The molecular weight excluding hydrogens is 462 g/mol. The number of carbonyl (C=O) groups excluding carboxylic acids is 1. The molecule has 202 valence electrons. The van der Waals surface area contributed by atoms with E-state index in [1.165, 1.54) is 17.7 Å². The molecule has 37 heavy (non-hydrogen) atoms. The highest BCUT2D eigenvalue weighted by Crippen LogP contribution is 2.27. The van der Waals surface area contributed by atoms with Crippen LogP contribution in [0.3, 0.4) is 0 Å². The van der Waals surface area contributed by atoms with E-state index in [-0.39, 0.29) is 0 Å². The van der Waals surface area contributed by atoms with Crippen molar-refractivity contribution in [3.63, 3.8) is 0 Å². The number of pyridine rings is 2. The summed E-state index contributed by atoms with van der Waals surface area (Å²) in [6, 6.07) is 3.77. The van der Waals surface area contributed by atoms with Crippen molar-refractivity contribution >= 4 is 28.3 Å². The monoisotopic (exact) mass is 507 g/mol. The van der Waals surface area contributed by atoms with Gasteiger partial charge in [-0.3, -0.25) is 9.88 Å². The number of carbonyl (C=O) groups is 1. The molecule has 0 aliphatic rings. The molecule has 1 N–H and O–H groups in total. The molecule has 0 bridgehead atoms. The van der Waals surface area contributed by atoms with Crippen LogP contribution in [-0.4, -0.2) is 39.9 Å². The van der Waals surface area contributed by atoms with Crippen LogP contribution in [0.5, 0.6) is 0 Å². The summed E-state index contributed by atoms with van der Waals surface area (Å²) in [7, 11) is 1.63. The van der Waals surface area contributed by atoms with Gasteiger partial charge in [-0.25, -0.2) is 9.78 Å². The molecule has 1 atom stereocenters. The van der Waals surface area contributed by atoms with Crippen LogP contribution in [0, 0.1) is 0 Å². The Labute approximate surface area is 223 Å². The lowest BCUT2D eigenvalue weighted by atomic mass is 9.97. The van der Waals surface area contributed by atoms with E-state index in [1.54, 1.807) is 25.5 Å². The lowest BCUT2D eigenvalue weighted by Gasteiger charge is -2.24. The summed E-state index contributed by atoms with van der Waals surface area (Å²) in [6.45, 7) is 21.5. The van der Waals surface area contributed by atoms with Gasteiger partial charge in [-0.2, -0.15) is 0 Å². The number of ether oxygens (including phenoxy) is 1. The first kappa shape index (κ1) is 31.8. The molecule has 0 aliphatic heterocycles. The molecule has 2 rings (SSSR count). The molecule has 6 nitrogen and oxygen atoms in total. The highest BCUT2D eigenvalue weighted by Gasteiger charge is 2.21. The van der Waals surface area contributed by atoms with Crippen molar-refractivity contribution in [1.82, 2.24) is 9.97 Å². The summed E-state index contributed by atoms with van der Waals surface area (Å²) in [6.07, 6.45) is 12.0. The Morgan fingerprint density at radius 3 is 2.30 bits per heavy atom. The van der Waals surface area contributed by atoms with Gasteiger partial charge in [0, 0.05) is 30.2 Å². The molecule has 0 fully saturated rings. The van der Waals surface area contributed by atoms with Gasteiger partial charge in [-0.15, -0.1) is 6.58 Å². The molecule has 2 heterocycles. The van der Waals surface area contributed by atoms with Gasteiger partial charge in [0.1, 0.15) is 11.4 Å². The molecule has 6 heteroatoms. The SMILES string of the molecule is C=CCCC(O)C(=C)/C=C(C)\C(=C/C)c1cc2cnc(N(C)C(=O)OC(C)(C)C)cc2cn1.CCCC. The fourth-order valence-corrected chi connectivity index (χ4v) is 3.27. The summed E-state index contributed by atoms with van der Waals surface area (Å²) in [5.74, 6) is 0.485. The predicted octanol–water partition coefficient (Wildman–Crippen LogP) is 8.04. The Bertz CT molecular complexity index is 1120. The molecule has 1 amide bonds. The van der Waals surface area contributed by atoms with E-state index in [9.17, 15) is 9.90 Å². The molecule has 0 spiro atoms. The Balaban J connectivity index is 0.00000159. The minimum Gasteiger partial charge on any atom is -0.443 e. The maximum atomic E-state index is 12.4. The first-order valence-corrected chi connectivity index (χ1v) is 12.9. The van der Waals surface area contributed by atoms with Crippen molar-refractivity contribution in [3.8, 4) is 0 Å². The van der Waals surface area contributed by atoms with E-state index >= 15 is 0 Å². The average Bonchev–Trinajstić information content (AvgIpc) is 2.85. The van der Waals surface area contributed by atoms with Crippen LogP contribution in [0.1, 0.15) is 79.8 Å². The number of fused-ring (bicyclic) bond motifs is 1. The van der Waals surface area contributed by atoms with Crippen molar-refractivity contribution in [1.29, 1.82) is 0 Å². The number of nitrogens with zero attached hydrogens (tertiary/aromatic N) is 3. The molecular formula is C31H45N3O3. The van der Waals surface area contributed by atoms with Crippen molar-refractivity contribution in [2.45, 2.75) is 85.9 Å². The fraction of sp³-hybridized carbons (Fsp3) is 0.452. The van der Waals surface area contributed by atoms with Gasteiger partial charge < -0.3 is 9.84 Å². The largest absolute Gasteiger partial charge is 0.443 e. The Hall–Kier alpha value is -3.25. The highest BCUT2D eigenvalue weighted by molar-refractivity contribution is 5.92. The highest BCUT2D eigenvalue weighted by atomic mass is 16.6. The third-order valence-electron chi connectivity index (χ3n) is 5.56. The second-order valence-electron chi connectivity index (χ2n) is 9.98. The van der Waals surface area contributed by atoms with Crippen LogP contribution < -0.4 is 4.90 Å². The van der Waals surface area contributed by atoms with Crippen LogP contribution in [-0.2, 0) is 4.74 Å². The second-order valence-corrected chi connectivity index (χ2v) is 9.98. The normalized spacial score (nSPS) is 12.9. The van der Waals surface area contributed by atoms with Crippen molar-refractivity contribution in [2.75, 3.05) is 11.9 Å². The summed E-state index contributed by atoms with van der Waals surface area (Å²) in [5.41, 5.74) is 2.78. The lowest BCUT2D eigenvalue weighted by molar-refractivity contribution is 0.0588. The lowest BCUT2D eigenvalue weighted by Crippen LogP contribution is -2.34. The minimum absolute atomic E-state index is 0.466. The number of anilines is 1. The van der Waals surface area contributed by atoms with Crippen molar-refractivity contribution in [3.05, 3.63) is 72.8 Å². The van der Waals surface area contributed by atoms with E-state index in [0.29, 0.717) is 17.8 Å². The summed E-state index contributed by atoms with van der Waals surface area (Å²) in [4.78, 5) is 22.8. The second kappa shape index (κ2) is 15.1. The third kappa shape index (κ3) is 10.3. The topological polar surface area (TPSA) is 75.6 Å². The van der Waals surface area contributed by atoms with Gasteiger partial charge in [-0.1, -0.05) is 51.5 Å². The molecule has 1 unspecified atom stereocenters. The molecule has 0 saturated carbocycles. The van der Waals surface area contributed by atoms with Gasteiger partial charge in [-0.05, 0) is 76.3 Å². The van der Waals surface area contributed by atoms with Crippen LogP contribution in [0.15, 0.2) is 67.1 Å². The Morgan fingerprint density at radius 2 is 1.76 bits per heavy atom. The molecule has 0 aromatic carbocycles. The number of hydrogen-bond donors (Lipinski definition) is 1. The zero-order chi connectivity index (χ0) is 28.2. The Morgan fingerprint density at radius 1 is 1.16 bits per heavy atom. The number of rotatable bonds is 9. The molecule has 2 aromatic rings. The Kier molecular flexibility index (Phi) is 13.0. The number of aliphatic hydroxyl groups excluding tert-OH is 1. The van der Waals surface area contributed by atoms with E-state index in [4.69, 9.17) is 4.74 Å². The predicted molar refractivity (Wildman–Crippen MR) is 157 cm³/mol. The quantitative estimate of drug-likeness (QED) is 0.274. The van der Waals surface area contributed by atoms with Gasteiger partial charge in [0.2, 0.25) is 0 Å². The fourth-order valence-electron chi connectivity index (χ4n) is 3.27. The maximum Gasteiger partial charge on any atom is 0.415 e. The smallest absolute Gasteiger partial charge is 0.415 e. The van der Waals surface area contributed by atoms with Crippen molar-refractivity contribution < 1.29 is 14.6 Å². The van der Waals surface area contributed by atoms with E-state index in [0.717, 1.165) is 34.0 Å². The van der Waals surface area contributed by atoms with E-state index in [1.807, 2.05) is 58.9 Å². The van der Waals surface area contributed by atoms with E-state index < -0.39 is 17.8 Å². The number of hydrogen-bond acceptors (Lipinski definition) is 5. The molecule has 2 aromatic heterocycles. The molecule has 0 saturated heterocycles. The summed E-state index contributed by atoms with van der Waals surface area (Å²) >= 11 is 0. The number of aromatic nitrogens is 2. The molecule has 0 aliphatic carbocycles.